The van der Waals surface area contributed by atoms with Crippen molar-refractivity contribution in [3.05, 3.63) is 36.0 Å². The number of fused-ring (bicyclic) bond motifs is 1. The first-order valence-corrected chi connectivity index (χ1v) is 11.7. The van der Waals surface area contributed by atoms with E-state index in [2.05, 4.69) is 35.6 Å². The highest BCUT2D eigenvalue weighted by atomic mass is 16.6. The van der Waals surface area contributed by atoms with E-state index in [-0.39, 0.29) is 18.0 Å². The minimum Gasteiger partial charge on any atom is -0.444 e. The van der Waals surface area contributed by atoms with E-state index < -0.39 is 5.60 Å². The number of likely N-dealkylation sites (tertiary alicyclic amines) is 1. The molecule has 2 aliphatic rings. The lowest BCUT2D eigenvalue weighted by Gasteiger charge is -2.37. The highest BCUT2D eigenvalue weighted by Gasteiger charge is 2.31. The van der Waals surface area contributed by atoms with Crippen LogP contribution in [0.3, 0.4) is 0 Å². The van der Waals surface area contributed by atoms with E-state index in [0.717, 1.165) is 49.1 Å². The van der Waals surface area contributed by atoms with E-state index in [9.17, 15) is 9.59 Å². The summed E-state index contributed by atoms with van der Waals surface area (Å²) in [6, 6.07) is 8.79. The second kappa shape index (κ2) is 8.77. The van der Waals surface area contributed by atoms with Gasteiger partial charge in [-0.2, -0.15) is 0 Å². The minimum absolute atomic E-state index is 0.111. The molecule has 0 aliphatic carbocycles. The fourth-order valence-electron chi connectivity index (χ4n) is 4.70. The van der Waals surface area contributed by atoms with Gasteiger partial charge in [-0.1, -0.05) is 0 Å². The summed E-state index contributed by atoms with van der Waals surface area (Å²) in [5.41, 5.74) is 1.36. The number of benzene rings is 1. The molecule has 32 heavy (non-hydrogen) atoms. The van der Waals surface area contributed by atoms with Crippen molar-refractivity contribution < 1.29 is 14.3 Å². The van der Waals surface area contributed by atoms with E-state index in [1.807, 2.05) is 43.9 Å². The third-order valence-electron chi connectivity index (χ3n) is 6.51. The molecule has 0 radical (unpaired) electrons. The second-order valence-electron chi connectivity index (χ2n) is 10.3. The molecule has 1 unspecified atom stereocenters. The molecule has 1 aromatic heterocycles. The number of amides is 2. The molecule has 2 aromatic rings. The number of nitrogens with zero attached hydrogens (tertiary/aromatic N) is 4. The van der Waals surface area contributed by atoms with Crippen LogP contribution < -0.4 is 0 Å². The van der Waals surface area contributed by atoms with E-state index in [0.29, 0.717) is 19.1 Å². The Kier molecular flexibility index (Phi) is 6.21. The van der Waals surface area contributed by atoms with Crippen molar-refractivity contribution in [3.63, 3.8) is 0 Å². The summed E-state index contributed by atoms with van der Waals surface area (Å²) in [6.07, 6.45) is 2.72. The first kappa shape index (κ1) is 22.6. The van der Waals surface area contributed by atoms with Crippen molar-refractivity contribution in [3.8, 4) is 0 Å². The van der Waals surface area contributed by atoms with E-state index in [1.165, 1.54) is 0 Å². The molecule has 2 amide bonds. The van der Waals surface area contributed by atoms with Crippen LogP contribution in [0.4, 0.5) is 4.79 Å². The van der Waals surface area contributed by atoms with Gasteiger partial charge in [0, 0.05) is 68.0 Å². The summed E-state index contributed by atoms with van der Waals surface area (Å²) < 4.78 is 7.76. The van der Waals surface area contributed by atoms with Crippen molar-refractivity contribution in [2.75, 3.05) is 39.3 Å². The maximum absolute atomic E-state index is 13.1. The highest BCUT2D eigenvalue weighted by molar-refractivity contribution is 5.98. The van der Waals surface area contributed by atoms with E-state index in [4.69, 9.17) is 4.74 Å². The van der Waals surface area contributed by atoms with E-state index in [1.54, 1.807) is 4.90 Å². The Hall–Kier alpha value is -2.54. The van der Waals surface area contributed by atoms with Crippen LogP contribution in [0.2, 0.25) is 0 Å². The number of carbonyl (C=O) groups excluding carboxylic acids is 2. The maximum atomic E-state index is 13.1. The van der Waals surface area contributed by atoms with Crippen LogP contribution >= 0.6 is 0 Å². The van der Waals surface area contributed by atoms with Gasteiger partial charge in [-0.3, -0.25) is 9.69 Å². The van der Waals surface area contributed by atoms with Crippen LogP contribution in [-0.4, -0.2) is 82.2 Å². The molecule has 1 atom stereocenters. The third kappa shape index (κ3) is 4.77. The summed E-state index contributed by atoms with van der Waals surface area (Å²) >= 11 is 0. The molecule has 4 rings (SSSR count). The predicted octanol–water partition coefficient (Wildman–Crippen LogP) is 3.99. The zero-order valence-electron chi connectivity index (χ0n) is 20.0. The van der Waals surface area contributed by atoms with Crippen LogP contribution in [0.25, 0.3) is 10.9 Å². The fraction of sp³-hybridized carbons (Fsp3) is 0.600. The molecule has 0 bridgehead atoms. The lowest BCUT2D eigenvalue weighted by molar-refractivity contribution is 0.0289. The van der Waals surface area contributed by atoms with Gasteiger partial charge in [-0.25, -0.2) is 4.79 Å². The zero-order chi connectivity index (χ0) is 23.0. The lowest BCUT2D eigenvalue weighted by Crippen LogP contribution is -2.50. The zero-order valence-corrected chi connectivity index (χ0v) is 20.0. The minimum atomic E-state index is -0.486. The first-order valence-electron chi connectivity index (χ1n) is 11.7. The van der Waals surface area contributed by atoms with Crippen LogP contribution in [0.1, 0.15) is 57.4 Å². The molecule has 0 spiro atoms. The molecule has 2 saturated heterocycles. The van der Waals surface area contributed by atoms with Gasteiger partial charge >= 0.3 is 6.09 Å². The number of rotatable bonds is 3. The van der Waals surface area contributed by atoms with Crippen molar-refractivity contribution in [1.82, 2.24) is 19.3 Å². The van der Waals surface area contributed by atoms with Gasteiger partial charge in [0.15, 0.2) is 0 Å². The lowest BCUT2D eigenvalue weighted by atomic mass is 10.1. The van der Waals surface area contributed by atoms with Gasteiger partial charge in [0.25, 0.3) is 5.91 Å². The second-order valence-corrected chi connectivity index (χ2v) is 10.3. The summed E-state index contributed by atoms with van der Waals surface area (Å²) in [5, 5.41) is 1.06. The van der Waals surface area contributed by atoms with Crippen molar-refractivity contribution in [2.24, 2.45) is 0 Å². The Morgan fingerprint density at radius 1 is 1.00 bits per heavy atom. The smallest absolute Gasteiger partial charge is 0.410 e. The van der Waals surface area contributed by atoms with Gasteiger partial charge < -0.3 is 19.1 Å². The standard InChI is InChI=1S/C25H36N4O3/c1-18(2)26-12-14-27(15-13-26)23(30)20-6-7-22-19(16-20)8-11-29(22)21-9-10-28(17-21)24(31)32-25(3,4)5/h6-8,11,16,18,21H,9-10,12-15,17H2,1-5H3. The van der Waals surface area contributed by atoms with Gasteiger partial charge in [-0.05, 0) is 65.3 Å². The average molecular weight is 441 g/mol. The molecule has 3 heterocycles. The monoisotopic (exact) mass is 440 g/mol. The van der Waals surface area contributed by atoms with Crippen LogP contribution in [0.15, 0.2) is 30.5 Å². The fourth-order valence-corrected chi connectivity index (χ4v) is 4.70. The summed E-state index contributed by atoms with van der Waals surface area (Å²) in [5.74, 6) is 0.111. The van der Waals surface area contributed by atoms with Crippen molar-refractivity contribution in [1.29, 1.82) is 0 Å². The summed E-state index contributed by atoms with van der Waals surface area (Å²) in [6.45, 7) is 14.8. The van der Waals surface area contributed by atoms with Gasteiger partial charge in [0.1, 0.15) is 5.60 Å². The summed E-state index contributed by atoms with van der Waals surface area (Å²) in [7, 11) is 0. The Morgan fingerprint density at radius 3 is 2.38 bits per heavy atom. The molecular formula is C25H36N4O3. The van der Waals surface area contributed by atoms with Gasteiger partial charge in [-0.15, -0.1) is 0 Å². The van der Waals surface area contributed by atoms with Crippen LogP contribution in [0, 0.1) is 0 Å². The number of ether oxygens (including phenoxy) is 1. The molecule has 2 aliphatic heterocycles. The largest absolute Gasteiger partial charge is 0.444 e. The molecule has 7 heteroatoms. The van der Waals surface area contributed by atoms with Gasteiger partial charge in [0.05, 0.1) is 6.04 Å². The molecule has 1 aromatic carbocycles. The summed E-state index contributed by atoms with van der Waals surface area (Å²) in [4.78, 5) is 31.6. The Labute approximate surface area is 190 Å². The quantitative estimate of drug-likeness (QED) is 0.724. The molecule has 7 nitrogen and oxygen atoms in total. The third-order valence-corrected chi connectivity index (χ3v) is 6.51. The Morgan fingerprint density at radius 2 is 1.72 bits per heavy atom. The average Bonchev–Trinajstić information content (AvgIpc) is 3.38. The number of aromatic nitrogens is 1. The van der Waals surface area contributed by atoms with Crippen LogP contribution in [0.5, 0.6) is 0 Å². The molecule has 174 valence electrons. The van der Waals surface area contributed by atoms with Crippen LogP contribution in [-0.2, 0) is 4.74 Å². The highest BCUT2D eigenvalue weighted by Crippen LogP contribution is 2.29. The van der Waals surface area contributed by atoms with Gasteiger partial charge in [0.2, 0.25) is 0 Å². The van der Waals surface area contributed by atoms with Crippen molar-refractivity contribution >= 4 is 22.9 Å². The van der Waals surface area contributed by atoms with Crippen molar-refractivity contribution in [2.45, 2.75) is 58.7 Å². The van der Waals surface area contributed by atoms with E-state index >= 15 is 0 Å². The molecule has 2 fully saturated rings. The molecular weight excluding hydrogens is 404 g/mol. The topological polar surface area (TPSA) is 58.0 Å². The molecule has 0 saturated carbocycles. The molecule has 0 N–H and O–H groups in total. The maximum Gasteiger partial charge on any atom is 0.410 e. The number of piperazine rings is 1. The first-order chi connectivity index (χ1) is 15.1. The number of hydrogen-bond acceptors (Lipinski definition) is 4. The predicted molar refractivity (Wildman–Crippen MR) is 126 cm³/mol. The Bertz CT molecular complexity index is 983. The number of hydrogen-bond donors (Lipinski definition) is 0. The normalized spacial score (nSPS) is 20.4. The SMILES string of the molecule is CC(C)N1CCN(C(=O)c2ccc3c(ccn3C3CCN(C(=O)OC(C)(C)C)C3)c2)CC1. The Balaban J connectivity index is 1.43. The number of carbonyl (C=O) groups is 2.